The highest BCUT2D eigenvalue weighted by molar-refractivity contribution is 5.83. The van der Waals surface area contributed by atoms with Gasteiger partial charge in [0.15, 0.2) is 0 Å². The lowest BCUT2D eigenvalue weighted by molar-refractivity contribution is -0.148. The monoisotopic (exact) mass is 322 g/mol. The average molecular weight is 323 g/mol. The maximum Gasteiger partial charge on any atom is 0.331 e. The molecule has 0 aromatic carbocycles. The number of allylic oxidation sites excluding steroid dienone is 3. The molecule has 2 heteroatoms. The first kappa shape index (κ1) is 21.9. The second-order valence-corrected chi connectivity index (χ2v) is 7.32. The largest absolute Gasteiger partial charge is 0.457 e. The van der Waals surface area contributed by atoms with Crippen LogP contribution in [0.3, 0.4) is 0 Å². The van der Waals surface area contributed by atoms with Gasteiger partial charge >= 0.3 is 5.97 Å². The Morgan fingerprint density at radius 2 is 1.52 bits per heavy atom. The summed E-state index contributed by atoms with van der Waals surface area (Å²) in [4.78, 5) is 12.0. The Morgan fingerprint density at radius 1 is 0.913 bits per heavy atom. The molecule has 0 bridgehead atoms. The molecule has 0 saturated heterocycles. The summed E-state index contributed by atoms with van der Waals surface area (Å²) in [6, 6.07) is 0. The van der Waals surface area contributed by atoms with Crippen LogP contribution in [0.4, 0.5) is 0 Å². The van der Waals surface area contributed by atoms with Crippen molar-refractivity contribution in [1.82, 2.24) is 0 Å². The van der Waals surface area contributed by atoms with Gasteiger partial charge in [0.25, 0.3) is 0 Å². The van der Waals surface area contributed by atoms with Crippen LogP contribution in [-0.4, -0.2) is 11.6 Å². The van der Waals surface area contributed by atoms with E-state index >= 15 is 0 Å². The Morgan fingerprint density at radius 3 is 2.09 bits per heavy atom. The Labute approximate surface area is 144 Å². The summed E-state index contributed by atoms with van der Waals surface area (Å²) in [6.07, 6.45) is 18.1. The molecule has 0 aromatic rings. The standard InChI is InChI=1S/C21H38O2/c1-6-8-10-12-13-15-17-19(16-14-11-9-7-2)18-20(22)23-21(3,4)5/h15,17-18H,6-14,16H2,1-5H3/b17-15+,19-18+. The lowest BCUT2D eigenvalue weighted by Gasteiger charge is -2.18. The van der Waals surface area contributed by atoms with E-state index in [1.165, 1.54) is 44.9 Å². The number of esters is 1. The molecule has 23 heavy (non-hydrogen) atoms. The summed E-state index contributed by atoms with van der Waals surface area (Å²) in [5.74, 6) is -0.223. The van der Waals surface area contributed by atoms with E-state index < -0.39 is 5.60 Å². The van der Waals surface area contributed by atoms with Gasteiger partial charge in [-0.2, -0.15) is 0 Å². The minimum atomic E-state index is -0.426. The van der Waals surface area contributed by atoms with Crippen molar-refractivity contribution in [2.24, 2.45) is 0 Å². The summed E-state index contributed by atoms with van der Waals surface area (Å²) in [5, 5.41) is 0. The van der Waals surface area contributed by atoms with Crippen molar-refractivity contribution in [3.05, 3.63) is 23.8 Å². The third-order valence-corrected chi connectivity index (χ3v) is 3.59. The molecule has 0 aliphatic rings. The molecule has 0 atom stereocenters. The highest BCUT2D eigenvalue weighted by atomic mass is 16.6. The maximum absolute atomic E-state index is 12.0. The molecular formula is C21H38O2. The van der Waals surface area contributed by atoms with Gasteiger partial charge in [0, 0.05) is 6.08 Å². The van der Waals surface area contributed by atoms with Gasteiger partial charge in [0.2, 0.25) is 0 Å². The average Bonchev–Trinajstić information content (AvgIpc) is 2.44. The van der Waals surface area contributed by atoms with E-state index in [0.29, 0.717) is 0 Å². The van der Waals surface area contributed by atoms with Crippen LogP contribution in [-0.2, 0) is 9.53 Å². The fourth-order valence-electron chi connectivity index (χ4n) is 2.37. The molecular weight excluding hydrogens is 284 g/mol. The lowest BCUT2D eigenvalue weighted by atomic mass is 10.0. The Kier molecular flexibility index (Phi) is 12.8. The summed E-state index contributed by atoms with van der Waals surface area (Å²) >= 11 is 0. The van der Waals surface area contributed by atoms with Crippen LogP contribution >= 0.6 is 0 Å². The Balaban J connectivity index is 4.48. The zero-order valence-corrected chi connectivity index (χ0v) is 16.1. The topological polar surface area (TPSA) is 26.3 Å². The van der Waals surface area contributed by atoms with E-state index in [4.69, 9.17) is 4.74 Å². The van der Waals surface area contributed by atoms with E-state index in [1.54, 1.807) is 6.08 Å². The van der Waals surface area contributed by atoms with E-state index in [1.807, 2.05) is 20.8 Å². The Bertz CT molecular complexity index is 359. The van der Waals surface area contributed by atoms with Crippen LogP contribution in [0.25, 0.3) is 0 Å². The van der Waals surface area contributed by atoms with Crippen molar-refractivity contribution in [1.29, 1.82) is 0 Å². The summed E-state index contributed by atoms with van der Waals surface area (Å²) < 4.78 is 5.41. The summed E-state index contributed by atoms with van der Waals surface area (Å²) in [7, 11) is 0. The molecule has 0 spiro atoms. The zero-order chi connectivity index (χ0) is 17.6. The van der Waals surface area contributed by atoms with Crippen molar-refractivity contribution < 1.29 is 9.53 Å². The number of carbonyl (C=O) groups is 1. The number of hydrogen-bond donors (Lipinski definition) is 0. The van der Waals surface area contributed by atoms with Gasteiger partial charge in [-0.25, -0.2) is 4.79 Å². The van der Waals surface area contributed by atoms with Crippen molar-refractivity contribution >= 4 is 5.97 Å². The normalized spacial score (nSPS) is 12.8. The van der Waals surface area contributed by atoms with Crippen LogP contribution in [0.1, 0.15) is 98.8 Å². The predicted molar refractivity (Wildman–Crippen MR) is 101 cm³/mol. The van der Waals surface area contributed by atoms with Gasteiger partial charge < -0.3 is 4.74 Å². The van der Waals surface area contributed by atoms with Crippen molar-refractivity contribution in [3.8, 4) is 0 Å². The first-order valence-electron chi connectivity index (χ1n) is 9.49. The van der Waals surface area contributed by atoms with Gasteiger partial charge in [0.1, 0.15) is 5.60 Å². The molecule has 0 saturated carbocycles. The first-order valence-corrected chi connectivity index (χ1v) is 9.49. The molecule has 0 rings (SSSR count). The number of rotatable bonds is 12. The molecule has 0 N–H and O–H groups in total. The highest BCUT2D eigenvalue weighted by Crippen LogP contribution is 2.15. The number of ether oxygens (including phenoxy) is 1. The smallest absolute Gasteiger partial charge is 0.331 e. The number of carbonyl (C=O) groups excluding carboxylic acids is 1. The second-order valence-electron chi connectivity index (χ2n) is 7.32. The second kappa shape index (κ2) is 13.4. The third kappa shape index (κ3) is 15.6. The van der Waals surface area contributed by atoms with Gasteiger partial charge in [-0.3, -0.25) is 0 Å². The van der Waals surface area contributed by atoms with Crippen LogP contribution < -0.4 is 0 Å². The SMILES string of the molecule is CCCCCC/C=C/C(=C/C(=O)OC(C)(C)C)CCCCCC. The van der Waals surface area contributed by atoms with Gasteiger partial charge in [-0.1, -0.05) is 64.5 Å². The van der Waals surface area contributed by atoms with Crippen LogP contribution in [0.2, 0.25) is 0 Å². The Hall–Kier alpha value is -1.05. The van der Waals surface area contributed by atoms with E-state index in [2.05, 4.69) is 26.0 Å². The van der Waals surface area contributed by atoms with Crippen molar-refractivity contribution in [2.75, 3.05) is 0 Å². The minimum absolute atomic E-state index is 0.223. The molecule has 0 aromatic heterocycles. The summed E-state index contributed by atoms with van der Waals surface area (Å²) in [5.41, 5.74) is 0.677. The van der Waals surface area contributed by atoms with Crippen LogP contribution in [0.5, 0.6) is 0 Å². The molecule has 0 unspecified atom stereocenters. The molecule has 0 aliphatic heterocycles. The van der Waals surface area contributed by atoms with Gasteiger partial charge in [-0.15, -0.1) is 0 Å². The van der Waals surface area contributed by atoms with Gasteiger partial charge in [-0.05, 0) is 52.0 Å². The fourth-order valence-corrected chi connectivity index (χ4v) is 2.37. The molecule has 0 radical (unpaired) electrons. The minimum Gasteiger partial charge on any atom is -0.457 e. The number of hydrogen-bond acceptors (Lipinski definition) is 2. The zero-order valence-electron chi connectivity index (χ0n) is 16.1. The van der Waals surface area contributed by atoms with E-state index in [0.717, 1.165) is 24.8 Å². The highest BCUT2D eigenvalue weighted by Gasteiger charge is 2.14. The van der Waals surface area contributed by atoms with E-state index in [9.17, 15) is 4.79 Å². The summed E-state index contributed by atoms with van der Waals surface area (Å²) in [6.45, 7) is 10.2. The van der Waals surface area contributed by atoms with Crippen LogP contribution in [0.15, 0.2) is 23.8 Å². The molecule has 0 heterocycles. The number of unbranched alkanes of at least 4 members (excludes halogenated alkanes) is 7. The lowest BCUT2D eigenvalue weighted by Crippen LogP contribution is -2.22. The maximum atomic E-state index is 12.0. The van der Waals surface area contributed by atoms with Gasteiger partial charge in [0.05, 0.1) is 0 Å². The van der Waals surface area contributed by atoms with E-state index in [-0.39, 0.29) is 5.97 Å². The van der Waals surface area contributed by atoms with Crippen molar-refractivity contribution in [3.63, 3.8) is 0 Å². The van der Waals surface area contributed by atoms with Crippen molar-refractivity contribution in [2.45, 2.75) is 104 Å². The predicted octanol–water partition coefficient (Wildman–Crippen LogP) is 6.75. The molecule has 0 fully saturated rings. The quantitative estimate of drug-likeness (QED) is 0.172. The van der Waals surface area contributed by atoms with Crippen LogP contribution in [0, 0.1) is 0 Å². The molecule has 134 valence electrons. The molecule has 2 nitrogen and oxygen atoms in total. The molecule has 0 aliphatic carbocycles. The first-order chi connectivity index (χ1) is 10.9. The molecule has 0 amide bonds. The third-order valence-electron chi connectivity index (χ3n) is 3.59. The fraction of sp³-hybridized carbons (Fsp3) is 0.762.